The summed E-state index contributed by atoms with van der Waals surface area (Å²) >= 11 is 0. The number of rotatable bonds is 9. The van der Waals surface area contributed by atoms with Crippen LogP contribution in [0.2, 0.25) is 0 Å². The molecule has 0 saturated heterocycles. The summed E-state index contributed by atoms with van der Waals surface area (Å²) in [4.78, 5) is 35.1. The second-order valence-corrected chi connectivity index (χ2v) is 5.73. The molecule has 2 amide bonds. The summed E-state index contributed by atoms with van der Waals surface area (Å²) in [6.07, 6.45) is 0. The molecule has 0 aliphatic rings. The summed E-state index contributed by atoms with van der Waals surface area (Å²) in [5.74, 6) is -0.703. The molecule has 0 aliphatic heterocycles. The number of nitro groups is 1. The van der Waals surface area contributed by atoms with Gasteiger partial charge in [-0.15, -0.1) is 0 Å². The Bertz CT molecular complexity index is 915. The maximum absolute atomic E-state index is 12.7. The molecular formula is C19H21N3O7. The number of hydrogen-bond acceptors (Lipinski definition) is 7. The minimum absolute atomic E-state index is 0.116. The van der Waals surface area contributed by atoms with Crippen molar-refractivity contribution in [2.24, 2.45) is 0 Å². The molecule has 29 heavy (non-hydrogen) atoms. The molecule has 0 atom stereocenters. The highest BCUT2D eigenvalue weighted by molar-refractivity contribution is 6.08. The van der Waals surface area contributed by atoms with E-state index in [0.29, 0.717) is 11.4 Å². The van der Waals surface area contributed by atoms with Gasteiger partial charge in [0.25, 0.3) is 11.6 Å². The summed E-state index contributed by atoms with van der Waals surface area (Å²) in [6.45, 7) is 1.89. The van der Waals surface area contributed by atoms with Gasteiger partial charge in [-0.1, -0.05) is 6.07 Å². The van der Waals surface area contributed by atoms with Gasteiger partial charge in [-0.05, 0) is 25.1 Å². The highest BCUT2D eigenvalue weighted by Crippen LogP contribution is 2.35. The molecule has 0 radical (unpaired) electrons. The van der Waals surface area contributed by atoms with Gasteiger partial charge in [0.05, 0.1) is 24.7 Å². The van der Waals surface area contributed by atoms with E-state index in [9.17, 15) is 19.7 Å². The molecule has 154 valence electrons. The van der Waals surface area contributed by atoms with Gasteiger partial charge in [0.2, 0.25) is 5.91 Å². The minimum atomic E-state index is -0.710. The Labute approximate surface area is 166 Å². The number of nitrogens with zero attached hydrogens (tertiary/aromatic N) is 1. The lowest BCUT2D eigenvalue weighted by molar-refractivity contribution is -0.385. The highest BCUT2D eigenvalue weighted by Gasteiger charge is 2.25. The fourth-order valence-corrected chi connectivity index (χ4v) is 2.51. The number of benzene rings is 2. The largest absolute Gasteiger partial charge is 0.493 e. The van der Waals surface area contributed by atoms with E-state index >= 15 is 0 Å². The van der Waals surface area contributed by atoms with E-state index in [4.69, 9.17) is 14.2 Å². The van der Waals surface area contributed by atoms with Crippen LogP contribution in [0, 0.1) is 10.1 Å². The highest BCUT2D eigenvalue weighted by atomic mass is 16.6. The van der Waals surface area contributed by atoms with Crippen LogP contribution >= 0.6 is 0 Å². The van der Waals surface area contributed by atoms with Gasteiger partial charge in [0, 0.05) is 24.6 Å². The van der Waals surface area contributed by atoms with Crippen LogP contribution in [0.25, 0.3) is 0 Å². The molecular weight excluding hydrogens is 382 g/mol. The number of carbonyl (C=O) groups excluding carboxylic acids is 2. The van der Waals surface area contributed by atoms with Gasteiger partial charge >= 0.3 is 0 Å². The third-order valence-electron chi connectivity index (χ3n) is 3.70. The molecule has 10 nitrogen and oxygen atoms in total. The van der Waals surface area contributed by atoms with Crippen LogP contribution in [0.5, 0.6) is 11.5 Å². The normalized spacial score (nSPS) is 10.2. The second-order valence-electron chi connectivity index (χ2n) is 5.73. The zero-order chi connectivity index (χ0) is 21.4. The number of hydrogen-bond donors (Lipinski definition) is 2. The maximum Gasteiger partial charge on any atom is 0.286 e. The molecule has 2 aromatic carbocycles. The fraction of sp³-hybridized carbons (Fsp3) is 0.263. The molecule has 2 aromatic rings. The molecule has 2 N–H and O–H groups in total. The van der Waals surface area contributed by atoms with E-state index in [1.165, 1.54) is 26.4 Å². The number of ether oxygens (including phenoxy) is 3. The van der Waals surface area contributed by atoms with Crippen LogP contribution in [0.1, 0.15) is 17.3 Å². The number of nitro benzene ring substituents is 1. The number of amides is 2. The smallest absolute Gasteiger partial charge is 0.286 e. The molecule has 0 spiro atoms. The monoisotopic (exact) mass is 403 g/mol. The Kier molecular flexibility index (Phi) is 7.49. The molecule has 10 heteroatoms. The lowest BCUT2D eigenvalue weighted by atomic mass is 10.1. The number of nitrogens with one attached hydrogen (secondary N) is 2. The molecule has 0 aromatic heterocycles. The van der Waals surface area contributed by atoms with Gasteiger partial charge in [0.1, 0.15) is 12.2 Å². The zero-order valence-electron chi connectivity index (χ0n) is 16.2. The minimum Gasteiger partial charge on any atom is -0.493 e. The Hall–Kier alpha value is -3.66. The molecule has 0 saturated carbocycles. The molecule has 0 heterocycles. The zero-order valence-corrected chi connectivity index (χ0v) is 16.2. The first-order chi connectivity index (χ1) is 13.9. The van der Waals surface area contributed by atoms with E-state index in [1.807, 2.05) is 0 Å². The predicted octanol–water partition coefficient (Wildman–Crippen LogP) is 2.84. The third-order valence-corrected chi connectivity index (χ3v) is 3.70. The lowest BCUT2D eigenvalue weighted by Gasteiger charge is -2.12. The SMILES string of the molecule is CCOc1cc([N+](=O)[O-])c(C(=O)Nc2cccc(NC(=O)COC)c2)cc1OC. The fourth-order valence-electron chi connectivity index (χ4n) is 2.51. The Morgan fingerprint density at radius 1 is 1.07 bits per heavy atom. The van der Waals surface area contributed by atoms with E-state index in [0.717, 1.165) is 6.07 Å². The standard InChI is InChI=1S/C19H21N3O7/c1-4-29-17-10-15(22(25)26)14(9-16(17)28-3)19(24)21-13-7-5-6-12(8-13)20-18(23)11-27-2/h5-10H,4,11H2,1-3H3,(H,20,23)(H,21,24). The van der Waals surface area contributed by atoms with Crippen molar-refractivity contribution >= 4 is 28.9 Å². The van der Waals surface area contributed by atoms with Crippen molar-refractivity contribution in [3.63, 3.8) is 0 Å². The van der Waals surface area contributed by atoms with Crippen molar-refractivity contribution in [3.8, 4) is 11.5 Å². The average molecular weight is 403 g/mol. The van der Waals surface area contributed by atoms with Crippen LogP contribution in [0.15, 0.2) is 36.4 Å². The van der Waals surface area contributed by atoms with Crippen LogP contribution in [-0.2, 0) is 9.53 Å². The quantitative estimate of drug-likeness (QED) is 0.486. The first-order valence-electron chi connectivity index (χ1n) is 8.59. The van der Waals surface area contributed by atoms with Gasteiger partial charge < -0.3 is 24.8 Å². The van der Waals surface area contributed by atoms with Crippen LogP contribution in [0.3, 0.4) is 0 Å². The maximum atomic E-state index is 12.7. The van der Waals surface area contributed by atoms with E-state index < -0.39 is 16.5 Å². The predicted molar refractivity (Wildman–Crippen MR) is 106 cm³/mol. The number of anilines is 2. The van der Waals surface area contributed by atoms with Gasteiger partial charge in [0.15, 0.2) is 11.5 Å². The topological polar surface area (TPSA) is 129 Å². The molecule has 0 aliphatic carbocycles. The third kappa shape index (κ3) is 5.66. The Balaban J connectivity index is 2.30. The summed E-state index contributed by atoms with van der Waals surface area (Å²) in [6, 6.07) is 8.75. The average Bonchev–Trinajstić information content (AvgIpc) is 2.68. The second kappa shape index (κ2) is 10.0. The summed E-state index contributed by atoms with van der Waals surface area (Å²) in [7, 11) is 2.77. The van der Waals surface area contributed by atoms with E-state index in [-0.39, 0.29) is 36.2 Å². The number of methoxy groups -OCH3 is 2. The van der Waals surface area contributed by atoms with Gasteiger partial charge in [-0.25, -0.2) is 0 Å². The summed E-state index contributed by atoms with van der Waals surface area (Å²) in [5, 5.41) is 16.6. The van der Waals surface area contributed by atoms with Crippen molar-refractivity contribution in [2.75, 3.05) is 38.1 Å². The Morgan fingerprint density at radius 3 is 2.34 bits per heavy atom. The Morgan fingerprint density at radius 2 is 1.76 bits per heavy atom. The summed E-state index contributed by atoms with van der Waals surface area (Å²) < 4.78 is 15.3. The van der Waals surface area contributed by atoms with E-state index in [2.05, 4.69) is 10.6 Å². The van der Waals surface area contributed by atoms with Crippen molar-refractivity contribution < 1.29 is 28.7 Å². The van der Waals surface area contributed by atoms with Gasteiger partial charge in [-0.2, -0.15) is 0 Å². The number of carbonyl (C=O) groups is 2. The van der Waals surface area contributed by atoms with Crippen molar-refractivity contribution in [1.29, 1.82) is 0 Å². The van der Waals surface area contributed by atoms with Crippen LogP contribution in [0.4, 0.5) is 17.1 Å². The summed E-state index contributed by atoms with van der Waals surface area (Å²) in [5.41, 5.74) is 0.163. The van der Waals surface area contributed by atoms with Crippen molar-refractivity contribution in [3.05, 3.63) is 52.1 Å². The first kappa shape index (κ1) is 21.6. The van der Waals surface area contributed by atoms with Gasteiger partial charge in [-0.3, -0.25) is 19.7 Å². The van der Waals surface area contributed by atoms with Crippen molar-refractivity contribution in [1.82, 2.24) is 0 Å². The molecule has 2 rings (SSSR count). The first-order valence-corrected chi connectivity index (χ1v) is 8.59. The van der Waals surface area contributed by atoms with E-state index in [1.54, 1.807) is 25.1 Å². The lowest BCUT2D eigenvalue weighted by Crippen LogP contribution is -2.18. The van der Waals surface area contributed by atoms with Crippen LogP contribution < -0.4 is 20.1 Å². The molecule has 0 fully saturated rings. The molecule has 0 unspecified atom stereocenters. The van der Waals surface area contributed by atoms with Crippen molar-refractivity contribution in [2.45, 2.75) is 6.92 Å². The molecule has 0 bridgehead atoms. The van der Waals surface area contributed by atoms with Crippen LogP contribution in [-0.4, -0.2) is 44.2 Å².